The number of halogens is 6. The summed E-state index contributed by atoms with van der Waals surface area (Å²) in [6, 6.07) is 7.34. The Kier molecular flexibility index (Phi) is 6.14. The maximum Gasteiger partial charge on any atom is 0.367 e. The van der Waals surface area contributed by atoms with Gasteiger partial charge in [-0.3, -0.25) is 0 Å². The van der Waals surface area contributed by atoms with Crippen LogP contribution in [0.15, 0.2) is 53.6 Å². The Bertz CT molecular complexity index is 1050. The lowest BCUT2D eigenvalue weighted by Gasteiger charge is -2.33. The molecule has 2 rings (SSSR count). The molecule has 0 fully saturated rings. The molecule has 0 heterocycles. The Morgan fingerprint density at radius 2 is 1.57 bits per heavy atom. The van der Waals surface area contributed by atoms with Gasteiger partial charge < -0.3 is 0 Å². The van der Waals surface area contributed by atoms with Crippen molar-refractivity contribution in [3.05, 3.63) is 59.2 Å². The molecule has 0 amide bonds. The molecule has 154 valence electrons. The molecule has 0 saturated heterocycles. The van der Waals surface area contributed by atoms with E-state index in [-0.39, 0.29) is 17.0 Å². The summed E-state index contributed by atoms with van der Waals surface area (Å²) in [6.45, 7) is 0. The minimum absolute atomic E-state index is 0.0366. The van der Waals surface area contributed by atoms with Crippen LogP contribution in [0.2, 0.25) is 0 Å². The van der Waals surface area contributed by atoms with Gasteiger partial charge in [0, 0.05) is 16.9 Å². The second-order valence-electron chi connectivity index (χ2n) is 5.95. The number of allylic oxidation sites excluding steroid dienone is 4. The van der Waals surface area contributed by atoms with Gasteiger partial charge in [0.2, 0.25) is 16.1 Å². The highest BCUT2D eigenvalue weighted by Crippen LogP contribution is 2.51. The van der Waals surface area contributed by atoms with Gasteiger partial charge in [0.05, 0.1) is 11.5 Å². The SMILES string of the molecule is O=S(=O)=CC(CS(=O)(=O)Cc1ccccc1)C1=CC(F)=C(F)C(F)(F)C1(F)F. The highest BCUT2D eigenvalue weighted by atomic mass is 32.2. The second-order valence-corrected chi connectivity index (χ2v) is 8.86. The van der Waals surface area contributed by atoms with E-state index in [9.17, 15) is 43.2 Å². The van der Waals surface area contributed by atoms with Crippen LogP contribution >= 0.6 is 0 Å². The number of sulfone groups is 1. The molecule has 4 nitrogen and oxygen atoms in total. The van der Waals surface area contributed by atoms with E-state index in [4.69, 9.17) is 0 Å². The molecule has 1 aromatic rings. The van der Waals surface area contributed by atoms with Crippen LogP contribution in [0.4, 0.5) is 26.3 Å². The van der Waals surface area contributed by atoms with Gasteiger partial charge in [-0.05, 0) is 11.6 Å². The van der Waals surface area contributed by atoms with E-state index >= 15 is 0 Å². The molecule has 12 heteroatoms. The van der Waals surface area contributed by atoms with E-state index < -0.39 is 66.6 Å². The molecule has 0 saturated carbocycles. The zero-order valence-electron chi connectivity index (χ0n) is 13.8. The molecule has 1 aliphatic carbocycles. The van der Waals surface area contributed by atoms with Gasteiger partial charge in [-0.25, -0.2) is 17.2 Å². The normalized spacial score (nSPS) is 19.7. The molecule has 28 heavy (non-hydrogen) atoms. The van der Waals surface area contributed by atoms with E-state index in [2.05, 4.69) is 0 Å². The lowest BCUT2D eigenvalue weighted by Crippen LogP contribution is -2.48. The minimum Gasteiger partial charge on any atom is -0.228 e. The molecule has 0 N–H and O–H groups in total. The zero-order valence-corrected chi connectivity index (χ0v) is 15.4. The third kappa shape index (κ3) is 4.49. The Balaban J connectivity index is 2.50. The zero-order chi connectivity index (χ0) is 21.3. The van der Waals surface area contributed by atoms with Crippen molar-refractivity contribution in [2.24, 2.45) is 5.92 Å². The Labute approximate surface area is 157 Å². The number of alkyl halides is 4. The second kappa shape index (κ2) is 7.74. The quantitative estimate of drug-likeness (QED) is 0.497. The first-order valence-electron chi connectivity index (χ1n) is 7.49. The maximum absolute atomic E-state index is 14.1. The topological polar surface area (TPSA) is 68.3 Å². The van der Waals surface area contributed by atoms with Crippen LogP contribution in [-0.2, 0) is 25.9 Å². The van der Waals surface area contributed by atoms with Crippen molar-refractivity contribution in [1.82, 2.24) is 0 Å². The monoisotopic (exact) mass is 446 g/mol. The van der Waals surface area contributed by atoms with Crippen LogP contribution < -0.4 is 0 Å². The standard InChI is InChI=1S/C16H12F6O4S2/c17-13-6-12(15(19,20)16(21,22)14(13)18)11(7-27(23)24)9-28(25,26)8-10-4-2-1-3-5-10/h1-7,11H,8-9H2. The fourth-order valence-electron chi connectivity index (χ4n) is 2.60. The Morgan fingerprint density at radius 1 is 1.00 bits per heavy atom. The lowest BCUT2D eigenvalue weighted by molar-refractivity contribution is -0.177. The van der Waals surface area contributed by atoms with Gasteiger partial charge in [-0.2, -0.15) is 26.0 Å². The fourth-order valence-corrected chi connectivity index (χ4v) is 4.87. The lowest BCUT2D eigenvalue weighted by atomic mass is 9.87. The molecular formula is C16H12F6O4S2. The summed E-state index contributed by atoms with van der Waals surface area (Å²) in [5, 5.41) is 0.0366. The summed E-state index contributed by atoms with van der Waals surface area (Å²) in [6.07, 6.45) is -0.293. The largest absolute Gasteiger partial charge is 0.367 e. The molecule has 0 bridgehead atoms. The van der Waals surface area contributed by atoms with Crippen LogP contribution in [0.3, 0.4) is 0 Å². The van der Waals surface area contributed by atoms with Gasteiger partial charge >= 0.3 is 11.8 Å². The molecule has 0 aliphatic heterocycles. The summed E-state index contributed by atoms with van der Waals surface area (Å²) in [5.41, 5.74) is -1.62. The average Bonchev–Trinajstić information content (AvgIpc) is 2.56. The third-order valence-electron chi connectivity index (χ3n) is 3.86. The first kappa shape index (κ1) is 22.2. The Hall–Kier alpha value is -2.08. The van der Waals surface area contributed by atoms with Crippen molar-refractivity contribution >= 4 is 25.5 Å². The van der Waals surface area contributed by atoms with Crippen molar-refractivity contribution in [2.45, 2.75) is 17.6 Å². The predicted octanol–water partition coefficient (Wildman–Crippen LogP) is 3.26. The Morgan fingerprint density at radius 3 is 2.11 bits per heavy atom. The number of hydrogen-bond donors (Lipinski definition) is 0. The summed E-state index contributed by atoms with van der Waals surface area (Å²) in [7, 11) is -7.55. The van der Waals surface area contributed by atoms with Crippen LogP contribution in [0.25, 0.3) is 0 Å². The van der Waals surface area contributed by atoms with Crippen molar-refractivity contribution in [1.29, 1.82) is 0 Å². The van der Waals surface area contributed by atoms with E-state index in [1.165, 1.54) is 24.3 Å². The number of benzene rings is 1. The van der Waals surface area contributed by atoms with Gasteiger partial charge in [-0.15, -0.1) is 0 Å². The van der Waals surface area contributed by atoms with E-state index in [0.29, 0.717) is 0 Å². The van der Waals surface area contributed by atoms with Crippen LogP contribution in [0.1, 0.15) is 5.56 Å². The summed E-state index contributed by atoms with van der Waals surface area (Å²) < 4.78 is 128. The van der Waals surface area contributed by atoms with Crippen LogP contribution in [0, 0.1) is 5.92 Å². The summed E-state index contributed by atoms with van der Waals surface area (Å²) in [5.74, 6) is -20.6. The van der Waals surface area contributed by atoms with Crippen molar-refractivity contribution < 1.29 is 43.2 Å². The summed E-state index contributed by atoms with van der Waals surface area (Å²) >= 11 is 0. The summed E-state index contributed by atoms with van der Waals surface area (Å²) in [4.78, 5) is 0. The molecule has 0 aromatic heterocycles. The van der Waals surface area contributed by atoms with E-state index in [1.807, 2.05) is 0 Å². The first-order chi connectivity index (χ1) is 12.8. The molecule has 1 aliphatic rings. The molecular weight excluding hydrogens is 434 g/mol. The van der Waals surface area contributed by atoms with E-state index in [1.54, 1.807) is 6.07 Å². The van der Waals surface area contributed by atoms with Crippen molar-refractivity contribution in [2.75, 3.05) is 5.75 Å². The molecule has 0 radical (unpaired) electrons. The minimum atomic E-state index is -5.60. The van der Waals surface area contributed by atoms with Gasteiger partial charge in [0.25, 0.3) is 0 Å². The molecule has 0 spiro atoms. The fraction of sp³-hybridized carbons (Fsp3) is 0.312. The highest BCUT2D eigenvalue weighted by molar-refractivity contribution is 7.90. The number of rotatable bonds is 6. The van der Waals surface area contributed by atoms with Crippen LogP contribution in [-0.4, -0.2) is 39.8 Å². The highest BCUT2D eigenvalue weighted by Gasteiger charge is 2.66. The molecule has 1 aromatic carbocycles. The van der Waals surface area contributed by atoms with Crippen molar-refractivity contribution in [3.8, 4) is 0 Å². The molecule has 1 atom stereocenters. The van der Waals surface area contributed by atoms with Gasteiger partial charge in [0.15, 0.2) is 15.7 Å². The molecule has 1 unspecified atom stereocenters. The van der Waals surface area contributed by atoms with Crippen LogP contribution in [0.5, 0.6) is 0 Å². The number of hydrogen-bond acceptors (Lipinski definition) is 4. The van der Waals surface area contributed by atoms with Gasteiger partial charge in [0.1, 0.15) is 0 Å². The van der Waals surface area contributed by atoms with Gasteiger partial charge in [-0.1, -0.05) is 30.3 Å². The third-order valence-corrected chi connectivity index (χ3v) is 6.05. The maximum atomic E-state index is 14.1. The van der Waals surface area contributed by atoms with E-state index in [0.717, 1.165) is 0 Å². The van der Waals surface area contributed by atoms with Crippen molar-refractivity contribution in [3.63, 3.8) is 0 Å². The first-order valence-corrected chi connectivity index (χ1v) is 10.4. The predicted molar refractivity (Wildman–Crippen MR) is 89.6 cm³/mol. The average molecular weight is 446 g/mol. The smallest absolute Gasteiger partial charge is 0.228 e.